The fourth-order valence-corrected chi connectivity index (χ4v) is 2.90. The van der Waals surface area contributed by atoms with E-state index in [-0.39, 0.29) is 5.56 Å². The highest BCUT2D eigenvalue weighted by molar-refractivity contribution is 5.79. The smallest absolute Gasteiger partial charge is 0.187 e. The van der Waals surface area contributed by atoms with Crippen LogP contribution in [0.5, 0.6) is 5.75 Å². The summed E-state index contributed by atoms with van der Waals surface area (Å²) in [5, 5.41) is 10.2. The van der Waals surface area contributed by atoms with Gasteiger partial charge in [-0.05, 0) is 35.4 Å². The van der Waals surface area contributed by atoms with Gasteiger partial charge in [-0.2, -0.15) is 0 Å². The summed E-state index contributed by atoms with van der Waals surface area (Å²) in [5.41, 5.74) is 1.75. The molecule has 2 unspecified atom stereocenters. The number of pyridine rings is 1. The predicted molar refractivity (Wildman–Crippen MR) is 86.8 cm³/mol. The molecule has 122 valence electrons. The Morgan fingerprint density at radius 2 is 1.75 bits per heavy atom. The van der Waals surface area contributed by atoms with Crippen LogP contribution >= 0.6 is 0 Å². The van der Waals surface area contributed by atoms with Crippen LogP contribution in [0.4, 0.5) is 8.78 Å². The molecule has 0 radical (unpaired) electrons. The number of halogens is 2. The van der Waals surface area contributed by atoms with E-state index >= 15 is 0 Å². The van der Waals surface area contributed by atoms with E-state index in [0.717, 1.165) is 29.3 Å². The lowest BCUT2D eigenvalue weighted by atomic mass is 9.82. The molecule has 3 nitrogen and oxygen atoms in total. The van der Waals surface area contributed by atoms with Crippen molar-refractivity contribution in [3.8, 4) is 5.75 Å². The molecule has 1 heterocycles. The van der Waals surface area contributed by atoms with Crippen molar-refractivity contribution in [1.29, 1.82) is 0 Å². The van der Waals surface area contributed by atoms with Crippen molar-refractivity contribution in [1.82, 2.24) is 4.98 Å². The zero-order valence-electron chi connectivity index (χ0n) is 12.9. The number of aromatic hydroxyl groups is 1. The predicted octanol–water partition coefficient (Wildman–Crippen LogP) is 4.19. The van der Waals surface area contributed by atoms with Crippen molar-refractivity contribution in [2.45, 2.75) is 12.8 Å². The number of nitrogens with zero attached hydrogens (tertiary/aromatic N) is 1. The van der Waals surface area contributed by atoms with Gasteiger partial charge >= 0.3 is 0 Å². The SMILES string of the molecule is CC(C=O)C(c1cc(F)c(O)c(F)c1)c1cnc2ccccc2c1. The van der Waals surface area contributed by atoms with Crippen molar-refractivity contribution in [2.75, 3.05) is 0 Å². The monoisotopic (exact) mass is 327 g/mol. The van der Waals surface area contributed by atoms with E-state index in [1.54, 1.807) is 13.1 Å². The summed E-state index contributed by atoms with van der Waals surface area (Å²) >= 11 is 0. The largest absolute Gasteiger partial charge is 0.503 e. The molecular weight excluding hydrogens is 312 g/mol. The number of phenolic OH excluding ortho intramolecular Hbond substituents is 1. The lowest BCUT2D eigenvalue weighted by molar-refractivity contribution is -0.111. The molecular formula is C19H15F2NO2. The Labute approximate surface area is 137 Å². The first kappa shape index (κ1) is 16.1. The van der Waals surface area contributed by atoms with Gasteiger partial charge in [0.1, 0.15) is 6.29 Å². The lowest BCUT2D eigenvalue weighted by Gasteiger charge is -2.21. The molecule has 1 aromatic heterocycles. The number of fused-ring (bicyclic) bond motifs is 1. The van der Waals surface area contributed by atoms with Crippen LogP contribution in [0.25, 0.3) is 10.9 Å². The summed E-state index contributed by atoms with van der Waals surface area (Å²) in [7, 11) is 0. The van der Waals surface area contributed by atoms with Gasteiger partial charge in [-0.15, -0.1) is 0 Å². The Bertz CT molecular complexity index is 888. The summed E-state index contributed by atoms with van der Waals surface area (Å²) < 4.78 is 27.5. The van der Waals surface area contributed by atoms with Crippen LogP contribution in [0, 0.1) is 17.6 Å². The Balaban J connectivity index is 2.17. The maximum Gasteiger partial charge on any atom is 0.187 e. The van der Waals surface area contributed by atoms with Crippen molar-refractivity contribution < 1.29 is 18.7 Å². The van der Waals surface area contributed by atoms with Gasteiger partial charge in [0.15, 0.2) is 17.4 Å². The molecule has 0 saturated carbocycles. The van der Waals surface area contributed by atoms with Gasteiger partial charge in [0.2, 0.25) is 0 Å². The van der Waals surface area contributed by atoms with Gasteiger partial charge < -0.3 is 9.90 Å². The summed E-state index contributed by atoms with van der Waals surface area (Å²) in [5.74, 6) is -4.21. The molecule has 0 aliphatic heterocycles. The number of benzene rings is 2. The minimum absolute atomic E-state index is 0.277. The standard InChI is InChI=1S/C19H15F2NO2/c1-11(10-23)18(13-7-15(20)19(24)16(21)8-13)14-6-12-4-2-3-5-17(12)22-9-14/h2-11,18,24H,1H3. The van der Waals surface area contributed by atoms with Crippen LogP contribution in [0.2, 0.25) is 0 Å². The van der Waals surface area contributed by atoms with Crippen LogP contribution in [-0.2, 0) is 4.79 Å². The molecule has 2 aromatic carbocycles. The minimum Gasteiger partial charge on any atom is -0.503 e. The van der Waals surface area contributed by atoms with E-state index in [4.69, 9.17) is 0 Å². The number of aromatic nitrogens is 1. The van der Waals surface area contributed by atoms with Crippen LogP contribution in [0.15, 0.2) is 48.7 Å². The van der Waals surface area contributed by atoms with Crippen molar-refractivity contribution >= 4 is 17.2 Å². The zero-order chi connectivity index (χ0) is 17.3. The maximum atomic E-state index is 13.7. The van der Waals surface area contributed by atoms with Crippen LogP contribution in [0.3, 0.4) is 0 Å². The summed E-state index contributed by atoms with van der Waals surface area (Å²) in [6, 6.07) is 11.4. The van der Waals surface area contributed by atoms with Crippen molar-refractivity contribution in [3.63, 3.8) is 0 Å². The molecule has 24 heavy (non-hydrogen) atoms. The Morgan fingerprint density at radius 3 is 2.42 bits per heavy atom. The van der Waals surface area contributed by atoms with E-state index < -0.39 is 29.2 Å². The molecule has 5 heteroatoms. The molecule has 0 saturated heterocycles. The number of hydrogen-bond acceptors (Lipinski definition) is 3. The Kier molecular flexibility index (Phi) is 4.25. The highest BCUT2D eigenvalue weighted by atomic mass is 19.1. The number of aldehydes is 1. The van der Waals surface area contributed by atoms with E-state index in [0.29, 0.717) is 5.56 Å². The van der Waals surface area contributed by atoms with Gasteiger partial charge in [0.25, 0.3) is 0 Å². The number of carbonyl (C=O) groups excluding carboxylic acids is 1. The Morgan fingerprint density at radius 1 is 1.08 bits per heavy atom. The number of carbonyl (C=O) groups is 1. The number of para-hydroxylation sites is 1. The molecule has 0 aliphatic carbocycles. The van der Waals surface area contributed by atoms with Gasteiger partial charge in [-0.3, -0.25) is 4.98 Å². The first-order chi connectivity index (χ1) is 11.5. The first-order valence-electron chi connectivity index (χ1n) is 7.49. The number of phenols is 1. The third kappa shape index (κ3) is 2.85. The van der Waals surface area contributed by atoms with Crippen molar-refractivity contribution in [2.24, 2.45) is 5.92 Å². The quantitative estimate of drug-likeness (QED) is 0.731. The molecule has 2 atom stereocenters. The average Bonchev–Trinajstić information content (AvgIpc) is 2.59. The molecule has 0 fully saturated rings. The zero-order valence-corrected chi connectivity index (χ0v) is 12.9. The molecule has 0 spiro atoms. The summed E-state index contributed by atoms with van der Waals surface area (Å²) in [6.07, 6.45) is 2.35. The molecule has 0 amide bonds. The van der Waals surface area contributed by atoms with Gasteiger partial charge in [-0.25, -0.2) is 8.78 Å². The van der Waals surface area contributed by atoms with Crippen LogP contribution in [0.1, 0.15) is 24.0 Å². The molecule has 3 aromatic rings. The number of hydrogen-bond donors (Lipinski definition) is 1. The highest BCUT2D eigenvalue weighted by Crippen LogP contribution is 2.35. The third-order valence-electron chi connectivity index (χ3n) is 4.11. The van der Waals surface area contributed by atoms with E-state index in [9.17, 15) is 18.7 Å². The summed E-state index contributed by atoms with van der Waals surface area (Å²) in [6.45, 7) is 1.68. The topological polar surface area (TPSA) is 50.2 Å². The maximum absolute atomic E-state index is 13.7. The lowest BCUT2D eigenvalue weighted by Crippen LogP contribution is -2.14. The normalized spacial score (nSPS) is 13.6. The van der Waals surface area contributed by atoms with Crippen molar-refractivity contribution in [3.05, 3.63) is 71.4 Å². The van der Waals surface area contributed by atoms with Crippen LogP contribution in [-0.4, -0.2) is 16.4 Å². The van der Waals surface area contributed by atoms with Gasteiger partial charge in [-0.1, -0.05) is 25.1 Å². The number of rotatable bonds is 4. The van der Waals surface area contributed by atoms with E-state index in [2.05, 4.69) is 4.98 Å². The van der Waals surface area contributed by atoms with Gasteiger partial charge in [0, 0.05) is 23.4 Å². The molecule has 3 rings (SSSR count). The average molecular weight is 327 g/mol. The van der Waals surface area contributed by atoms with Crippen LogP contribution < -0.4 is 0 Å². The highest BCUT2D eigenvalue weighted by Gasteiger charge is 2.24. The third-order valence-corrected chi connectivity index (χ3v) is 4.11. The second kappa shape index (κ2) is 6.35. The fourth-order valence-electron chi connectivity index (χ4n) is 2.90. The summed E-state index contributed by atoms with van der Waals surface area (Å²) in [4.78, 5) is 15.7. The van der Waals surface area contributed by atoms with E-state index in [1.807, 2.05) is 30.3 Å². The second-order valence-electron chi connectivity index (χ2n) is 5.77. The second-order valence-corrected chi connectivity index (χ2v) is 5.77. The van der Waals surface area contributed by atoms with Gasteiger partial charge in [0.05, 0.1) is 5.52 Å². The fraction of sp³-hybridized carbons (Fsp3) is 0.158. The minimum atomic E-state index is -1.05. The first-order valence-corrected chi connectivity index (χ1v) is 7.49. The molecule has 1 N–H and O–H groups in total. The molecule has 0 bridgehead atoms. The molecule has 0 aliphatic rings. The van der Waals surface area contributed by atoms with E-state index in [1.165, 1.54) is 0 Å². The Hall–Kier alpha value is -2.82.